The maximum atomic E-state index is 13.2. The van der Waals surface area contributed by atoms with Gasteiger partial charge in [0.25, 0.3) is 0 Å². The summed E-state index contributed by atoms with van der Waals surface area (Å²) in [5.74, 6) is -2.74. The molecule has 3 fully saturated rings. The molecule has 2 aromatic carbocycles. The number of carboxylic acid groups (broad SMARTS) is 1. The third-order valence-corrected chi connectivity index (χ3v) is 7.21. The first kappa shape index (κ1) is 22.3. The van der Waals surface area contributed by atoms with E-state index in [4.69, 9.17) is 4.74 Å². The van der Waals surface area contributed by atoms with Crippen molar-refractivity contribution in [2.24, 2.45) is 11.8 Å². The lowest BCUT2D eigenvalue weighted by Gasteiger charge is -2.34. The third kappa shape index (κ3) is 3.78. The Balaban J connectivity index is 1.25. The van der Waals surface area contributed by atoms with E-state index >= 15 is 0 Å². The van der Waals surface area contributed by atoms with Crippen LogP contribution < -0.4 is 5.32 Å². The third-order valence-electron chi connectivity index (χ3n) is 7.21. The molecule has 34 heavy (non-hydrogen) atoms. The first-order valence-corrected chi connectivity index (χ1v) is 11.3. The van der Waals surface area contributed by atoms with Crippen LogP contribution in [0.1, 0.15) is 29.9 Å². The molecule has 2 aromatic rings. The molecule has 9 heteroatoms. The van der Waals surface area contributed by atoms with E-state index in [1.54, 1.807) is 0 Å². The fourth-order valence-corrected chi connectivity index (χ4v) is 5.62. The number of nitrogens with zero attached hydrogens (tertiary/aromatic N) is 1. The van der Waals surface area contributed by atoms with Crippen molar-refractivity contribution in [2.75, 3.05) is 13.2 Å². The standard InChI is InChI=1S/C25H24F2N2O5/c26-21(27)10-19(23(30)29-11-13-9-20(29)22(13)24(31)32)28-25(33)34-12-18-16-7-3-1-5-14(16)15-6-2-4-8-17(15)18/h1-8,13,18-22H,9-12H2,(H,28,33)(H,31,32). The van der Waals surface area contributed by atoms with E-state index in [0.717, 1.165) is 22.3 Å². The second-order valence-corrected chi connectivity index (χ2v) is 9.07. The number of hydrogen-bond acceptors (Lipinski definition) is 4. The van der Waals surface area contributed by atoms with Crippen LogP contribution in [0.5, 0.6) is 0 Å². The molecule has 7 nitrogen and oxygen atoms in total. The fourth-order valence-electron chi connectivity index (χ4n) is 5.62. The van der Waals surface area contributed by atoms with Gasteiger partial charge in [-0.25, -0.2) is 13.6 Å². The van der Waals surface area contributed by atoms with Gasteiger partial charge < -0.3 is 20.1 Å². The van der Waals surface area contributed by atoms with Gasteiger partial charge in [0, 0.05) is 24.9 Å². The predicted molar refractivity (Wildman–Crippen MR) is 117 cm³/mol. The van der Waals surface area contributed by atoms with Crippen LogP contribution >= 0.6 is 0 Å². The number of rotatable bonds is 7. The van der Waals surface area contributed by atoms with Gasteiger partial charge in [0.2, 0.25) is 12.3 Å². The summed E-state index contributed by atoms with van der Waals surface area (Å²) in [5, 5.41) is 11.6. The summed E-state index contributed by atoms with van der Waals surface area (Å²) in [4.78, 5) is 38.2. The Morgan fingerprint density at radius 1 is 1.06 bits per heavy atom. The molecule has 4 atom stereocenters. The van der Waals surface area contributed by atoms with E-state index in [1.165, 1.54) is 4.90 Å². The number of nitrogens with one attached hydrogen (secondary N) is 1. The van der Waals surface area contributed by atoms with E-state index < -0.39 is 48.8 Å². The van der Waals surface area contributed by atoms with Crippen molar-refractivity contribution in [3.05, 3.63) is 59.7 Å². The Morgan fingerprint density at radius 2 is 1.68 bits per heavy atom. The number of ether oxygens (including phenoxy) is 1. The van der Waals surface area contributed by atoms with E-state index in [9.17, 15) is 28.3 Å². The number of alkyl halides is 2. The number of halogens is 2. The summed E-state index contributed by atoms with van der Waals surface area (Å²) in [5.41, 5.74) is 4.12. The number of fused-ring (bicyclic) bond motifs is 4. The number of carbonyl (C=O) groups excluding carboxylic acids is 2. The second kappa shape index (κ2) is 8.70. The van der Waals surface area contributed by atoms with Crippen molar-refractivity contribution in [1.82, 2.24) is 10.2 Å². The molecule has 4 aliphatic rings. The minimum absolute atomic E-state index is 0.00898. The highest BCUT2D eigenvalue weighted by Gasteiger charge is 2.57. The lowest BCUT2D eigenvalue weighted by molar-refractivity contribution is -0.148. The number of aliphatic carboxylic acids is 1. The number of hydrogen-bond donors (Lipinski definition) is 2. The average Bonchev–Trinajstić information content (AvgIpc) is 3.47. The lowest BCUT2D eigenvalue weighted by atomic mass is 9.74. The Bertz CT molecular complexity index is 1090. The van der Waals surface area contributed by atoms with Gasteiger partial charge >= 0.3 is 12.1 Å². The van der Waals surface area contributed by atoms with Crippen molar-refractivity contribution in [3.8, 4) is 11.1 Å². The summed E-state index contributed by atoms with van der Waals surface area (Å²) in [6.45, 7) is 0.192. The number of carboxylic acids is 1. The van der Waals surface area contributed by atoms with Gasteiger partial charge in [-0.3, -0.25) is 9.59 Å². The molecular formula is C25H24F2N2O5. The second-order valence-electron chi connectivity index (χ2n) is 9.07. The number of carbonyl (C=O) groups is 3. The quantitative estimate of drug-likeness (QED) is 0.646. The molecule has 6 rings (SSSR count). The number of benzene rings is 2. The Hall–Kier alpha value is -3.49. The van der Waals surface area contributed by atoms with Crippen molar-refractivity contribution in [3.63, 3.8) is 0 Å². The van der Waals surface area contributed by atoms with Crippen LogP contribution in [0.3, 0.4) is 0 Å². The highest BCUT2D eigenvalue weighted by molar-refractivity contribution is 5.88. The molecule has 2 aliphatic heterocycles. The molecule has 2 aliphatic carbocycles. The molecule has 4 unspecified atom stereocenters. The molecule has 2 heterocycles. The van der Waals surface area contributed by atoms with Crippen LogP contribution in [0.4, 0.5) is 13.6 Å². The monoisotopic (exact) mass is 470 g/mol. The summed E-state index contributed by atoms with van der Waals surface area (Å²) < 4.78 is 31.8. The number of amides is 2. The van der Waals surface area contributed by atoms with Crippen molar-refractivity contribution >= 4 is 18.0 Å². The summed E-state index contributed by atoms with van der Waals surface area (Å²) in [7, 11) is 0. The fraction of sp³-hybridized carbons (Fsp3) is 0.400. The van der Waals surface area contributed by atoms with E-state index in [1.807, 2.05) is 48.5 Å². The first-order valence-electron chi connectivity index (χ1n) is 11.3. The molecule has 2 amide bonds. The van der Waals surface area contributed by atoms with E-state index in [0.29, 0.717) is 6.42 Å². The van der Waals surface area contributed by atoms with Crippen LogP contribution in [0, 0.1) is 11.8 Å². The first-order chi connectivity index (χ1) is 16.3. The summed E-state index contributed by atoms with van der Waals surface area (Å²) in [6, 6.07) is 13.6. The predicted octanol–water partition coefficient (Wildman–Crippen LogP) is 3.48. The highest BCUT2D eigenvalue weighted by Crippen LogP contribution is 2.47. The van der Waals surface area contributed by atoms with E-state index in [-0.39, 0.29) is 25.0 Å². The molecule has 2 saturated heterocycles. The molecule has 0 aromatic heterocycles. The normalized spacial score (nSPS) is 23.1. The van der Waals surface area contributed by atoms with Crippen molar-refractivity contribution in [2.45, 2.75) is 37.3 Å². The van der Waals surface area contributed by atoms with Crippen LogP contribution in [0.15, 0.2) is 48.5 Å². The molecule has 0 spiro atoms. The largest absolute Gasteiger partial charge is 0.481 e. The lowest BCUT2D eigenvalue weighted by Crippen LogP contribution is -2.52. The van der Waals surface area contributed by atoms with Crippen LogP contribution in [0.25, 0.3) is 11.1 Å². The van der Waals surface area contributed by atoms with Gasteiger partial charge in [-0.05, 0) is 34.6 Å². The topological polar surface area (TPSA) is 95.9 Å². The maximum absolute atomic E-state index is 13.2. The molecule has 1 saturated carbocycles. The van der Waals surface area contributed by atoms with Crippen molar-refractivity contribution < 1.29 is 33.0 Å². The Kier molecular flexibility index (Phi) is 5.71. The summed E-state index contributed by atoms with van der Waals surface area (Å²) >= 11 is 0. The summed E-state index contributed by atoms with van der Waals surface area (Å²) in [6.07, 6.45) is -4.11. The van der Waals surface area contributed by atoms with Gasteiger partial charge in [0.1, 0.15) is 12.6 Å². The van der Waals surface area contributed by atoms with E-state index in [2.05, 4.69) is 5.32 Å². The molecule has 178 valence electrons. The Labute approximate surface area is 194 Å². The van der Waals surface area contributed by atoms with Crippen molar-refractivity contribution in [1.29, 1.82) is 0 Å². The van der Waals surface area contributed by atoms with Gasteiger partial charge in [-0.2, -0.15) is 0 Å². The van der Waals surface area contributed by atoms with Crippen LogP contribution in [-0.4, -0.2) is 59.6 Å². The zero-order valence-electron chi connectivity index (χ0n) is 18.2. The number of alkyl carbamates (subject to hydrolysis) is 1. The van der Waals surface area contributed by atoms with Gasteiger partial charge in [-0.1, -0.05) is 48.5 Å². The molecular weight excluding hydrogens is 446 g/mol. The molecule has 0 radical (unpaired) electrons. The Morgan fingerprint density at radius 3 is 2.24 bits per heavy atom. The van der Waals surface area contributed by atoms with Gasteiger partial charge in [-0.15, -0.1) is 0 Å². The minimum Gasteiger partial charge on any atom is -0.481 e. The highest BCUT2D eigenvalue weighted by atomic mass is 19.3. The zero-order chi connectivity index (χ0) is 24.0. The zero-order valence-corrected chi connectivity index (χ0v) is 18.2. The van der Waals surface area contributed by atoms with Crippen LogP contribution in [-0.2, 0) is 14.3 Å². The SMILES string of the molecule is O=C(NC(CC(F)F)C(=O)N1CC2CC1C2C(=O)O)OCC1c2ccccc2-c2ccccc21. The maximum Gasteiger partial charge on any atom is 0.407 e. The minimum atomic E-state index is -2.82. The van der Waals surface area contributed by atoms with Gasteiger partial charge in [0.15, 0.2) is 0 Å². The molecule has 2 bridgehead atoms. The van der Waals surface area contributed by atoms with Crippen LogP contribution in [0.2, 0.25) is 0 Å². The smallest absolute Gasteiger partial charge is 0.407 e. The van der Waals surface area contributed by atoms with Gasteiger partial charge in [0.05, 0.1) is 5.92 Å². The average molecular weight is 470 g/mol. The molecule has 2 N–H and O–H groups in total.